The molecule has 0 radical (unpaired) electrons. The van der Waals surface area contributed by atoms with Crippen molar-refractivity contribution < 1.29 is 44.3 Å². The lowest BCUT2D eigenvalue weighted by atomic mass is 9.93. The number of aryl methyl sites for hydroxylation is 1. The molecule has 23 heavy (non-hydrogen) atoms. The molecule has 0 N–H and O–H groups in total. The minimum absolute atomic E-state index is 0.395. The second-order valence-corrected chi connectivity index (χ2v) is 4.89. The molecule has 0 aliphatic carbocycles. The molecule has 0 aliphatic heterocycles. The van der Waals surface area contributed by atoms with E-state index >= 15 is 0 Å². The fourth-order valence-electron chi connectivity index (χ4n) is 1.59. The quantitative estimate of drug-likeness (QED) is 0.518. The van der Waals surface area contributed by atoms with Crippen molar-refractivity contribution in [2.75, 3.05) is 0 Å². The topological polar surface area (TPSA) is 17.1 Å². The van der Waals surface area contributed by atoms with Crippen LogP contribution in [0, 0.1) is 6.92 Å². The highest BCUT2D eigenvalue weighted by atomic mass is 35.5. The van der Waals surface area contributed by atoms with Crippen molar-refractivity contribution in [3.63, 3.8) is 0 Å². The SMILES string of the molecule is Cc1cccc(Cl)c1C(=O)C(F)(F)C(F)(F)C(F)(F)C(F)(F)F. The zero-order valence-corrected chi connectivity index (χ0v) is 11.7. The van der Waals surface area contributed by atoms with Crippen molar-refractivity contribution in [1.29, 1.82) is 0 Å². The van der Waals surface area contributed by atoms with Gasteiger partial charge in [-0.15, -0.1) is 0 Å². The van der Waals surface area contributed by atoms with E-state index in [0.717, 1.165) is 25.1 Å². The number of hydrogen-bond donors (Lipinski definition) is 0. The van der Waals surface area contributed by atoms with Crippen LogP contribution in [0.1, 0.15) is 15.9 Å². The second kappa shape index (κ2) is 5.57. The highest BCUT2D eigenvalue weighted by molar-refractivity contribution is 6.34. The molecule has 0 heterocycles. The van der Waals surface area contributed by atoms with Gasteiger partial charge in [0.1, 0.15) is 0 Å². The maximum Gasteiger partial charge on any atom is 0.460 e. The lowest BCUT2D eigenvalue weighted by Gasteiger charge is -2.33. The number of carbonyl (C=O) groups is 1. The van der Waals surface area contributed by atoms with E-state index in [1.54, 1.807) is 0 Å². The van der Waals surface area contributed by atoms with E-state index in [9.17, 15) is 44.3 Å². The summed E-state index contributed by atoms with van der Waals surface area (Å²) in [6.07, 6.45) is -6.99. The van der Waals surface area contributed by atoms with Crippen LogP contribution in [0.4, 0.5) is 39.5 Å². The second-order valence-electron chi connectivity index (χ2n) is 4.48. The summed E-state index contributed by atoms with van der Waals surface area (Å²) < 4.78 is 115. The lowest BCUT2D eigenvalue weighted by molar-refractivity contribution is -0.386. The average Bonchev–Trinajstić information content (AvgIpc) is 2.36. The molecule has 0 spiro atoms. The van der Waals surface area contributed by atoms with E-state index in [1.807, 2.05) is 0 Å². The third-order valence-electron chi connectivity index (χ3n) is 2.88. The summed E-state index contributed by atoms with van der Waals surface area (Å²) in [5, 5.41) is -0.791. The van der Waals surface area contributed by atoms with Crippen LogP contribution in [0.3, 0.4) is 0 Å². The third-order valence-corrected chi connectivity index (χ3v) is 3.19. The maximum absolute atomic E-state index is 13.5. The highest BCUT2D eigenvalue weighted by Gasteiger charge is 2.83. The predicted octanol–water partition coefficient (Wildman–Crippen LogP) is 5.30. The van der Waals surface area contributed by atoms with Gasteiger partial charge in [-0.25, -0.2) is 0 Å². The Morgan fingerprint density at radius 1 is 0.913 bits per heavy atom. The summed E-state index contributed by atoms with van der Waals surface area (Å²) in [7, 11) is 0. The Labute approximate surface area is 128 Å². The van der Waals surface area contributed by atoms with E-state index in [1.165, 1.54) is 0 Å². The number of halogens is 10. The van der Waals surface area contributed by atoms with Gasteiger partial charge in [-0.05, 0) is 18.6 Å². The number of alkyl halides is 9. The van der Waals surface area contributed by atoms with Crippen LogP contribution in [-0.4, -0.2) is 29.7 Å². The normalized spacial score (nSPS) is 14.0. The summed E-state index contributed by atoms with van der Waals surface area (Å²) in [5.74, 6) is -23.4. The molecule has 130 valence electrons. The Bertz CT molecular complexity index is 601. The van der Waals surface area contributed by atoms with Crippen LogP contribution >= 0.6 is 11.6 Å². The Kier molecular flexibility index (Phi) is 4.75. The molecule has 1 aromatic carbocycles. The molecule has 0 aromatic heterocycles. The van der Waals surface area contributed by atoms with Crippen molar-refractivity contribution in [2.45, 2.75) is 30.9 Å². The van der Waals surface area contributed by atoms with Crippen LogP contribution in [0.15, 0.2) is 18.2 Å². The van der Waals surface area contributed by atoms with Gasteiger partial charge in [0.15, 0.2) is 0 Å². The largest absolute Gasteiger partial charge is 0.460 e. The zero-order valence-electron chi connectivity index (χ0n) is 10.9. The molecule has 1 nitrogen and oxygen atoms in total. The van der Waals surface area contributed by atoms with Gasteiger partial charge in [0.25, 0.3) is 0 Å². The minimum atomic E-state index is -7.13. The first-order valence-electron chi connectivity index (χ1n) is 5.59. The number of hydrogen-bond acceptors (Lipinski definition) is 1. The predicted molar refractivity (Wildman–Crippen MR) is 61.4 cm³/mol. The average molecular weight is 373 g/mol. The maximum atomic E-state index is 13.5. The van der Waals surface area contributed by atoms with Gasteiger partial charge in [0.2, 0.25) is 5.78 Å². The summed E-state index contributed by atoms with van der Waals surface area (Å²) in [6, 6.07) is 2.92. The molecule has 0 atom stereocenters. The summed E-state index contributed by atoms with van der Waals surface area (Å²) in [4.78, 5) is 11.5. The number of benzene rings is 1. The van der Waals surface area contributed by atoms with Gasteiger partial charge in [0.05, 0.1) is 5.02 Å². The molecule has 1 rings (SSSR count). The van der Waals surface area contributed by atoms with Gasteiger partial charge in [0, 0.05) is 5.56 Å². The minimum Gasteiger partial charge on any atom is -0.287 e. The van der Waals surface area contributed by atoms with Crippen molar-refractivity contribution in [1.82, 2.24) is 0 Å². The molecular formula is C12H6ClF9O. The van der Waals surface area contributed by atoms with Crippen molar-refractivity contribution in [2.24, 2.45) is 0 Å². The van der Waals surface area contributed by atoms with Crippen molar-refractivity contribution in [3.8, 4) is 0 Å². The number of rotatable bonds is 4. The number of carbonyl (C=O) groups excluding carboxylic acids is 1. The molecule has 0 aliphatic rings. The van der Waals surface area contributed by atoms with Crippen LogP contribution < -0.4 is 0 Å². The molecule has 0 bridgehead atoms. The van der Waals surface area contributed by atoms with E-state index in [2.05, 4.69) is 0 Å². The van der Waals surface area contributed by atoms with Gasteiger partial charge in [-0.2, -0.15) is 39.5 Å². The Morgan fingerprint density at radius 2 is 1.39 bits per heavy atom. The molecule has 1 aromatic rings. The van der Waals surface area contributed by atoms with Crippen molar-refractivity contribution in [3.05, 3.63) is 34.3 Å². The van der Waals surface area contributed by atoms with Crippen LogP contribution in [0.5, 0.6) is 0 Å². The molecule has 11 heteroatoms. The standard InChI is InChI=1S/C12H6ClF9O/c1-5-3-2-4-6(13)7(5)8(23)9(14,15)10(16,17)11(18,19)12(20,21)22/h2-4H,1H3. The van der Waals surface area contributed by atoms with E-state index < -0.39 is 45.9 Å². The molecular weight excluding hydrogens is 367 g/mol. The van der Waals surface area contributed by atoms with Gasteiger partial charge in [-0.1, -0.05) is 23.7 Å². The van der Waals surface area contributed by atoms with E-state index in [-0.39, 0.29) is 0 Å². The molecule has 0 saturated heterocycles. The number of Topliss-reactive ketones (excluding diaryl/α,β-unsaturated/α-hetero) is 1. The highest BCUT2D eigenvalue weighted by Crippen LogP contribution is 2.54. The smallest absolute Gasteiger partial charge is 0.287 e. The van der Waals surface area contributed by atoms with E-state index in [4.69, 9.17) is 11.6 Å². The first-order chi connectivity index (χ1) is 10.1. The first kappa shape index (κ1) is 19.6. The summed E-state index contributed by atoms with van der Waals surface area (Å²) in [5.41, 5.74) is -1.66. The molecule has 0 unspecified atom stereocenters. The zero-order chi connectivity index (χ0) is 18.4. The van der Waals surface area contributed by atoms with Gasteiger partial charge < -0.3 is 0 Å². The van der Waals surface area contributed by atoms with Crippen LogP contribution in [0.2, 0.25) is 5.02 Å². The van der Waals surface area contributed by atoms with Gasteiger partial charge >= 0.3 is 23.9 Å². The van der Waals surface area contributed by atoms with Crippen LogP contribution in [0.25, 0.3) is 0 Å². The third kappa shape index (κ3) is 2.88. The summed E-state index contributed by atoms with van der Waals surface area (Å²) >= 11 is 5.38. The van der Waals surface area contributed by atoms with Gasteiger partial charge in [-0.3, -0.25) is 4.79 Å². The van der Waals surface area contributed by atoms with Crippen LogP contribution in [-0.2, 0) is 0 Å². The fourth-order valence-corrected chi connectivity index (χ4v) is 1.90. The Morgan fingerprint density at radius 3 is 1.78 bits per heavy atom. The molecule has 0 fully saturated rings. The Hall–Kier alpha value is -1.45. The Balaban J connectivity index is 3.49. The lowest BCUT2D eigenvalue weighted by Crippen LogP contribution is -2.63. The number of ketones is 1. The summed E-state index contributed by atoms with van der Waals surface area (Å²) in [6.45, 7) is 0.967. The molecule has 0 amide bonds. The fraction of sp³-hybridized carbons (Fsp3) is 0.417. The van der Waals surface area contributed by atoms with E-state index in [0.29, 0.717) is 0 Å². The van der Waals surface area contributed by atoms with Crippen molar-refractivity contribution >= 4 is 17.4 Å². The monoisotopic (exact) mass is 372 g/mol. The molecule has 0 saturated carbocycles. The first-order valence-corrected chi connectivity index (χ1v) is 5.97.